The molecule has 0 aromatic heterocycles. The van der Waals surface area contributed by atoms with Gasteiger partial charge < -0.3 is 10.1 Å². The molecule has 0 radical (unpaired) electrons. The fraction of sp³-hybridized carbons (Fsp3) is 0.600. The number of ether oxygens (including phenoxy) is 1. The first-order valence-electron chi connectivity index (χ1n) is 7.02. The van der Waals surface area contributed by atoms with Crippen LogP contribution in [-0.4, -0.2) is 25.4 Å². The molecule has 2 atom stereocenters. The Kier molecular flexibility index (Phi) is 5.05. The molecule has 1 aliphatic heterocycles. The van der Waals surface area contributed by atoms with Gasteiger partial charge in [0, 0.05) is 6.42 Å². The quantitative estimate of drug-likeness (QED) is 0.893. The molecule has 112 valence electrons. The van der Waals surface area contributed by atoms with Gasteiger partial charge in [0.15, 0.2) is 0 Å². The predicted octanol–water partition coefficient (Wildman–Crippen LogP) is 3.62. The summed E-state index contributed by atoms with van der Waals surface area (Å²) in [6.07, 6.45) is -3.35. The van der Waals surface area contributed by atoms with Gasteiger partial charge in [-0.3, -0.25) is 0 Å². The fourth-order valence-corrected chi connectivity index (χ4v) is 2.54. The van der Waals surface area contributed by atoms with Gasteiger partial charge in [0.25, 0.3) is 0 Å². The molecule has 20 heavy (non-hydrogen) atoms. The average Bonchev–Trinajstić information content (AvgIpc) is 2.42. The molecule has 1 aromatic rings. The predicted molar refractivity (Wildman–Crippen MR) is 71.6 cm³/mol. The van der Waals surface area contributed by atoms with Crippen molar-refractivity contribution in [2.24, 2.45) is 0 Å². The first-order chi connectivity index (χ1) is 9.52. The maximum absolute atomic E-state index is 13.1. The normalized spacial score (nSPS) is 20.5. The van der Waals surface area contributed by atoms with Crippen LogP contribution in [0.1, 0.15) is 37.0 Å². The minimum atomic E-state index is -4.25. The second-order valence-corrected chi connectivity index (χ2v) is 5.09. The van der Waals surface area contributed by atoms with Crippen molar-refractivity contribution in [1.82, 2.24) is 5.32 Å². The Hall–Kier alpha value is -1.07. The molecule has 2 nitrogen and oxygen atoms in total. The number of fused-ring (bicyclic) bond motifs is 1. The van der Waals surface area contributed by atoms with Gasteiger partial charge in [-0.1, -0.05) is 31.2 Å². The summed E-state index contributed by atoms with van der Waals surface area (Å²) in [7, 11) is 0. The van der Waals surface area contributed by atoms with Gasteiger partial charge in [0.1, 0.15) is 6.04 Å². The lowest BCUT2D eigenvalue weighted by molar-refractivity contribution is -0.165. The number of halogens is 3. The molecule has 0 aliphatic carbocycles. The molecule has 0 bridgehead atoms. The summed E-state index contributed by atoms with van der Waals surface area (Å²) in [4.78, 5) is 0. The molecule has 1 heterocycles. The maximum Gasteiger partial charge on any atom is 0.403 e. The topological polar surface area (TPSA) is 21.3 Å². The van der Waals surface area contributed by atoms with Crippen LogP contribution in [-0.2, 0) is 11.2 Å². The molecule has 1 aromatic carbocycles. The van der Waals surface area contributed by atoms with E-state index in [-0.39, 0.29) is 6.42 Å². The third-order valence-corrected chi connectivity index (χ3v) is 3.58. The van der Waals surface area contributed by atoms with Crippen LogP contribution in [0.15, 0.2) is 24.3 Å². The van der Waals surface area contributed by atoms with Crippen molar-refractivity contribution in [3.63, 3.8) is 0 Å². The van der Waals surface area contributed by atoms with Crippen molar-refractivity contribution in [3.8, 4) is 0 Å². The summed E-state index contributed by atoms with van der Waals surface area (Å²) in [5.41, 5.74) is 1.99. The third-order valence-electron chi connectivity index (χ3n) is 3.58. The van der Waals surface area contributed by atoms with Gasteiger partial charge in [0.2, 0.25) is 0 Å². The third kappa shape index (κ3) is 3.73. The zero-order valence-corrected chi connectivity index (χ0v) is 11.5. The Morgan fingerprint density at radius 2 is 2.10 bits per heavy atom. The van der Waals surface area contributed by atoms with Crippen LogP contribution in [0, 0.1) is 0 Å². The highest BCUT2D eigenvalue weighted by Gasteiger charge is 2.41. The van der Waals surface area contributed by atoms with Crippen LogP contribution < -0.4 is 5.32 Å². The van der Waals surface area contributed by atoms with E-state index in [1.807, 2.05) is 31.2 Å². The summed E-state index contributed by atoms with van der Waals surface area (Å²) < 4.78 is 44.7. The van der Waals surface area contributed by atoms with Crippen LogP contribution in [0.25, 0.3) is 0 Å². The van der Waals surface area contributed by atoms with Crippen molar-refractivity contribution in [2.45, 2.75) is 44.5 Å². The second kappa shape index (κ2) is 6.59. The highest BCUT2D eigenvalue weighted by Crippen LogP contribution is 2.34. The molecule has 2 unspecified atom stereocenters. The van der Waals surface area contributed by atoms with E-state index in [9.17, 15) is 13.2 Å². The number of hydrogen-bond donors (Lipinski definition) is 1. The van der Waals surface area contributed by atoms with Gasteiger partial charge in [-0.2, -0.15) is 13.2 Å². The molecule has 1 aliphatic rings. The van der Waals surface area contributed by atoms with E-state index in [2.05, 4.69) is 5.32 Å². The molecule has 5 heteroatoms. The molecule has 0 saturated carbocycles. The second-order valence-electron chi connectivity index (χ2n) is 5.09. The summed E-state index contributed by atoms with van der Waals surface area (Å²) in [5, 5.41) is 2.58. The van der Waals surface area contributed by atoms with E-state index in [0.717, 1.165) is 17.5 Å². The van der Waals surface area contributed by atoms with E-state index in [4.69, 9.17) is 4.74 Å². The smallest absolute Gasteiger partial charge is 0.373 e. The molecule has 0 amide bonds. The van der Waals surface area contributed by atoms with Crippen molar-refractivity contribution in [1.29, 1.82) is 0 Å². The van der Waals surface area contributed by atoms with Crippen molar-refractivity contribution < 1.29 is 17.9 Å². The van der Waals surface area contributed by atoms with Crippen LogP contribution in [0.2, 0.25) is 0 Å². The molecule has 0 spiro atoms. The summed E-state index contributed by atoms with van der Waals surface area (Å²) in [6, 6.07) is 6.08. The lowest BCUT2D eigenvalue weighted by atomic mass is 9.93. The molecule has 0 saturated heterocycles. The SMILES string of the molecule is CCCNC(CC1OCCc2ccccc21)C(F)(F)F. The van der Waals surface area contributed by atoms with E-state index < -0.39 is 18.3 Å². The van der Waals surface area contributed by atoms with Gasteiger partial charge in [-0.05, 0) is 30.5 Å². The first kappa shape index (κ1) is 15.3. The van der Waals surface area contributed by atoms with E-state index in [1.165, 1.54) is 0 Å². The Morgan fingerprint density at radius 3 is 2.80 bits per heavy atom. The lowest BCUT2D eigenvalue weighted by Gasteiger charge is -2.30. The highest BCUT2D eigenvalue weighted by atomic mass is 19.4. The van der Waals surface area contributed by atoms with Gasteiger partial charge in [-0.15, -0.1) is 0 Å². The van der Waals surface area contributed by atoms with Crippen LogP contribution in [0.3, 0.4) is 0 Å². The van der Waals surface area contributed by atoms with Crippen LogP contribution >= 0.6 is 0 Å². The molecule has 1 N–H and O–H groups in total. The highest BCUT2D eigenvalue weighted by molar-refractivity contribution is 5.31. The summed E-state index contributed by atoms with van der Waals surface area (Å²) in [5.74, 6) is 0. The zero-order valence-electron chi connectivity index (χ0n) is 11.5. The maximum atomic E-state index is 13.1. The molecular weight excluding hydrogens is 267 g/mol. The molecule has 2 rings (SSSR count). The van der Waals surface area contributed by atoms with Crippen LogP contribution in [0.5, 0.6) is 0 Å². The van der Waals surface area contributed by atoms with E-state index in [1.54, 1.807) is 0 Å². The number of alkyl halides is 3. The Balaban J connectivity index is 2.11. The standard InChI is InChI=1S/C15H20F3NO/c1-2-8-19-14(15(16,17)18)10-13-12-6-4-3-5-11(12)7-9-20-13/h3-6,13-14,19H,2,7-10H2,1H3. The largest absolute Gasteiger partial charge is 0.403 e. The zero-order chi connectivity index (χ0) is 14.6. The lowest BCUT2D eigenvalue weighted by Crippen LogP contribution is -2.44. The van der Waals surface area contributed by atoms with E-state index in [0.29, 0.717) is 19.6 Å². The van der Waals surface area contributed by atoms with Crippen molar-refractivity contribution >= 4 is 0 Å². The first-order valence-corrected chi connectivity index (χ1v) is 7.02. The van der Waals surface area contributed by atoms with Crippen molar-refractivity contribution in [3.05, 3.63) is 35.4 Å². The van der Waals surface area contributed by atoms with Gasteiger partial charge in [0.05, 0.1) is 12.7 Å². The minimum Gasteiger partial charge on any atom is -0.373 e. The summed E-state index contributed by atoms with van der Waals surface area (Å²) >= 11 is 0. The fourth-order valence-electron chi connectivity index (χ4n) is 2.54. The average molecular weight is 287 g/mol. The molecular formula is C15H20F3NO. The number of hydrogen-bond acceptors (Lipinski definition) is 2. The monoisotopic (exact) mass is 287 g/mol. The summed E-state index contributed by atoms with van der Waals surface area (Å²) in [6.45, 7) is 2.70. The van der Waals surface area contributed by atoms with E-state index >= 15 is 0 Å². The number of benzene rings is 1. The van der Waals surface area contributed by atoms with Crippen molar-refractivity contribution in [2.75, 3.05) is 13.2 Å². The Morgan fingerprint density at radius 1 is 1.35 bits per heavy atom. The van der Waals surface area contributed by atoms with Gasteiger partial charge >= 0.3 is 6.18 Å². The Labute approximate surface area is 117 Å². The number of nitrogens with one attached hydrogen (secondary N) is 1. The minimum absolute atomic E-state index is 0.0689. The molecule has 0 fully saturated rings. The van der Waals surface area contributed by atoms with Crippen LogP contribution in [0.4, 0.5) is 13.2 Å². The van der Waals surface area contributed by atoms with Gasteiger partial charge in [-0.25, -0.2) is 0 Å². The number of rotatable bonds is 5. The Bertz CT molecular complexity index is 433.